The molecule has 1 atom stereocenters. The van der Waals surface area contributed by atoms with Crippen molar-refractivity contribution in [3.8, 4) is 22.8 Å². The summed E-state index contributed by atoms with van der Waals surface area (Å²) in [5.41, 5.74) is 1.66. The molecule has 1 aliphatic rings. The van der Waals surface area contributed by atoms with Gasteiger partial charge in [-0.3, -0.25) is 0 Å². The highest BCUT2D eigenvalue weighted by atomic mass is 35.5. The van der Waals surface area contributed by atoms with Crippen LogP contribution in [0, 0.1) is 0 Å². The molecule has 0 bridgehead atoms. The molecule has 1 saturated heterocycles. The van der Waals surface area contributed by atoms with E-state index in [2.05, 4.69) is 9.97 Å². The van der Waals surface area contributed by atoms with E-state index >= 15 is 0 Å². The second-order valence-electron chi connectivity index (χ2n) is 9.82. The van der Waals surface area contributed by atoms with Gasteiger partial charge in [-0.05, 0) is 70.0 Å². The van der Waals surface area contributed by atoms with Crippen LogP contribution in [0.4, 0.5) is 4.79 Å². The molecule has 1 aliphatic heterocycles. The van der Waals surface area contributed by atoms with Crippen molar-refractivity contribution < 1.29 is 14.3 Å². The van der Waals surface area contributed by atoms with Crippen LogP contribution in [0.1, 0.15) is 39.7 Å². The fourth-order valence-electron chi connectivity index (χ4n) is 4.35. The largest absolute Gasteiger partial charge is 0.457 e. The van der Waals surface area contributed by atoms with Gasteiger partial charge < -0.3 is 14.4 Å². The summed E-state index contributed by atoms with van der Waals surface area (Å²) in [5, 5.41) is 5.96. The van der Waals surface area contributed by atoms with E-state index in [9.17, 15) is 4.79 Å². The van der Waals surface area contributed by atoms with Gasteiger partial charge in [0.1, 0.15) is 34.3 Å². The average Bonchev–Trinajstić information content (AvgIpc) is 3.25. The molecule has 8 nitrogen and oxygen atoms in total. The Balaban J connectivity index is 1.45. The van der Waals surface area contributed by atoms with Gasteiger partial charge in [0.05, 0.1) is 11.4 Å². The van der Waals surface area contributed by atoms with Gasteiger partial charge in [-0.1, -0.05) is 29.8 Å². The lowest BCUT2D eigenvalue weighted by Gasteiger charge is -2.34. The van der Waals surface area contributed by atoms with E-state index < -0.39 is 5.60 Å². The van der Waals surface area contributed by atoms with E-state index in [0.717, 1.165) is 29.9 Å². The van der Waals surface area contributed by atoms with Gasteiger partial charge in [0, 0.05) is 18.7 Å². The zero-order valence-electron chi connectivity index (χ0n) is 20.5. The van der Waals surface area contributed by atoms with E-state index in [1.165, 1.54) is 6.33 Å². The van der Waals surface area contributed by atoms with Gasteiger partial charge in [-0.25, -0.2) is 19.4 Å². The monoisotopic (exact) mass is 505 g/mol. The fraction of sp³-hybridized carbons (Fsp3) is 0.333. The molecule has 186 valence electrons. The number of hydrogen-bond acceptors (Lipinski definition) is 6. The Morgan fingerprint density at radius 1 is 1.03 bits per heavy atom. The summed E-state index contributed by atoms with van der Waals surface area (Å²) in [7, 11) is 0. The van der Waals surface area contributed by atoms with Crippen LogP contribution in [-0.2, 0) is 4.74 Å². The highest BCUT2D eigenvalue weighted by molar-refractivity contribution is 6.35. The Morgan fingerprint density at radius 2 is 1.75 bits per heavy atom. The molecule has 1 fully saturated rings. The van der Waals surface area contributed by atoms with Crippen LogP contribution >= 0.6 is 11.6 Å². The molecule has 1 unspecified atom stereocenters. The lowest BCUT2D eigenvalue weighted by atomic mass is 10.1. The van der Waals surface area contributed by atoms with Crippen LogP contribution < -0.4 is 4.74 Å². The van der Waals surface area contributed by atoms with E-state index in [-0.39, 0.29) is 12.1 Å². The Hall–Kier alpha value is -3.65. The Morgan fingerprint density at radius 3 is 2.47 bits per heavy atom. The summed E-state index contributed by atoms with van der Waals surface area (Å²) in [4.78, 5) is 23.2. The first-order valence-electron chi connectivity index (χ1n) is 12.0. The predicted molar refractivity (Wildman–Crippen MR) is 138 cm³/mol. The standard InChI is InChI=1S/C27H28ClN5O3/c1-27(2,3)36-26(34)32-15-7-8-19(16-32)33-25-22(24(28)29-17-30-25)23(31-33)18-11-13-21(14-12-18)35-20-9-5-4-6-10-20/h4-6,9-14,17,19H,7-8,15-16H2,1-3H3. The van der Waals surface area contributed by atoms with Crippen molar-refractivity contribution in [1.29, 1.82) is 0 Å². The summed E-state index contributed by atoms with van der Waals surface area (Å²) in [6, 6.07) is 17.3. The number of piperidine rings is 1. The fourth-order valence-corrected chi connectivity index (χ4v) is 4.56. The summed E-state index contributed by atoms with van der Waals surface area (Å²) in [5.74, 6) is 1.49. The maximum atomic E-state index is 12.7. The molecule has 3 heterocycles. The first kappa shape index (κ1) is 24.1. The van der Waals surface area contributed by atoms with Crippen molar-refractivity contribution >= 4 is 28.7 Å². The SMILES string of the molecule is CC(C)(C)OC(=O)N1CCCC(n2nc(-c3ccc(Oc4ccccc4)cc3)c3c(Cl)ncnc32)C1. The highest BCUT2D eigenvalue weighted by Crippen LogP contribution is 2.35. The lowest BCUT2D eigenvalue weighted by Crippen LogP contribution is -2.43. The minimum Gasteiger partial charge on any atom is -0.457 e. The third-order valence-corrected chi connectivity index (χ3v) is 6.23. The van der Waals surface area contributed by atoms with Crippen LogP contribution in [0.2, 0.25) is 5.15 Å². The van der Waals surface area contributed by atoms with Gasteiger partial charge in [0.15, 0.2) is 5.65 Å². The molecule has 2 aromatic carbocycles. The third-order valence-electron chi connectivity index (χ3n) is 5.94. The molecule has 4 aromatic rings. The molecular weight excluding hydrogens is 478 g/mol. The minimum absolute atomic E-state index is 0.0610. The normalized spacial score (nSPS) is 16.2. The van der Waals surface area contributed by atoms with E-state index in [0.29, 0.717) is 35.0 Å². The molecule has 0 saturated carbocycles. The smallest absolute Gasteiger partial charge is 0.410 e. The van der Waals surface area contributed by atoms with Crippen LogP contribution in [-0.4, -0.2) is 49.4 Å². The highest BCUT2D eigenvalue weighted by Gasteiger charge is 2.31. The number of benzene rings is 2. The third kappa shape index (κ3) is 5.14. The van der Waals surface area contributed by atoms with E-state index in [1.807, 2.05) is 80.1 Å². The molecular formula is C27H28ClN5O3. The van der Waals surface area contributed by atoms with Crippen molar-refractivity contribution in [2.75, 3.05) is 13.1 Å². The number of amides is 1. The van der Waals surface area contributed by atoms with Gasteiger partial charge in [-0.2, -0.15) is 5.10 Å². The second-order valence-corrected chi connectivity index (χ2v) is 10.2. The number of aromatic nitrogens is 4. The van der Waals surface area contributed by atoms with Gasteiger partial charge >= 0.3 is 6.09 Å². The van der Waals surface area contributed by atoms with Crippen LogP contribution in [0.3, 0.4) is 0 Å². The van der Waals surface area contributed by atoms with Crippen molar-refractivity contribution in [3.63, 3.8) is 0 Å². The Labute approximate surface area is 214 Å². The maximum absolute atomic E-state index is 12.7. The number of carbonyl (C=O) groups is 1. The van der Waals surface area contributed by atoms with Crippen molar-refractivity contribution in [2.24, 2.45) is 0 Å². The molecule has 36 heavy (non-hydrogen) atoms. The van der Waals surface area contributed by atoms with Crippen molar-refractivity contribution in [1.82, 2.24) is 24.6 Å². The zero-order valence-corrected chi connectivity index (χ0v) is 21.3. The topological polar surface area (TPSA) is 82.4 Å². The number of nitrogens with zero attached hydrogens (tertiary/aromatic N) is 5. The van der Waals surface area contributed by atoms with Crippen molar-refractivity contribution in [2.45, 2.75) is 45.3 Å². The molecule has 1 amide bonds. The first-order chi connectivity index (χ1) is 17.3. The Bertz CT molecular complexity index is 1370. The van der Waals surface area contributed by atoms with E-state index in [1.54, 1.807) is 4.90 Å². The predicted octanol–water partition coefficient (Wildman–Crippen LogP) is 6.51. The Kier molecular flexibility index (Phi) is 6.53. The molecule has 0 N–H and O–H groups in total. The summed E-state index contributed by atoms with van der Waals surface area (Å²) in [6.07, 6.45) is 2.83. The molecule has 2 aromatic heterocycles. The molecule has 0 spiro atoms. The van der Waals surface area contributed by atoms with Crippen LogP contribution in [0.15, 0.2) is 60.9 Å². The van der Waals surface area contributed by atoms with Crippen molar-refractivity contribution in [3.05, 3.63) is 66.1 Å². The molecule has 5 rings (SSSR count). The maximum Gasteiger partial charge on any atom is 0.410 e. The van der Waals surface area contributed by atoms with Gasteiger partial charge in [0.2, 0.25) is 0 Å². The zero-order chi connectivity index (χ0) is 25.3. The number of hydrogen-bond donors (Lipinski definition) is 0. The number of ether oxygens (including phenoxy) is 2. The average molecular weight is 506 g/mol. The quantitative estimate of drug-likeness (QED) is 0.294. The lowest BCUT2D eigenvalue weighted by molar-refractivity contribution is 0.0169. The number of halogens is 1. The van der Waals surface area contributed by atoms with Gasteiger partial charge in [-0.15, -0.1) is 0 Å². The second kappa shape index (κ2) is 9.78. The van der Waals surface area contributed by atoms with Crippen LogP contribution in [0.5, 0.6) is 11.5 Å². The molecule has 0 radical (unpaired) electrons. The molecule has 0 aliphatic carbocycles. The van der Waals surface area contributed by atoms with Crippen LogP contribution in [0.25, 0.3) is 22.3 Å². The first-order valence-corrected chi connectivity index (χ1v) is 12.4. The number of fused-ring (bicyclic) bond motifs is 1. The van der Waals surface area contributed by atoms with E-state index in [4.69, 9.17) is 26.2 Å². The summed E-state index contributed by atoms with van der Waals surface area (Å²) in [6.45, 7) is 6.74. The molecule has 9 heteroatoms. The number of carbonyl (C=O) groups excluding carboxylic acids is 1. The number of rotatable bonds is 4. The number of para-hydroxylation sites is 1. The summed E-state index contributed by atoms with van der Waals surface area (Å²) >= 11 is 6.54. The minimum atomic E-state index is -0.549. The summed E-state index contributed by atoms with van der Waals surface area (Å²) < 4.78 is 13.4. The number of likely N-dealkylation sites (tertiary alicyclic amines) is 1. The van der Waals surface area contributed by atoms with Gasteiger partial charge in [0.25, 0.3) is 0 Å².